The Balaban J connectivity index is 1.79. The van der Waals surface area contributed by atoms with Crippen LogP contribution in [0.15, 0.2) is 0 Å². The van der Waals surface area contributed by atoms with Gasteiger partial charge in [-0.25, -0.2) is 0 Å². The lowest BCUT2D eigenvalue weighted by Gasteiger charge is -2.39. The van der Waals surface area contributed by atoms with Crippen LogP contribution in [0.4, 0.5) is 0 Å². The molecule has 1 saturated carbocycles. The highest BCUT2D eigenvalue weighted by Gasteiger charge is 2.28. The second kappa shape index (κ2) is 9.86. The van der Waals surface area contributed by atoms with Crippen LogP contribution >= 0.6 is 0 Å². The van der Waals surface area contributed by atoms with Crippen LogP contribution in [0, 0.1) is 11.8 Å². The molecule has 130 valence electrons. The molecule has 22 heavy (non-hydrogen) atoms. The molecule has 4 N–H and O–H groups in total. The molecule has 1 heterocycles. The summed E-state index contributed by atoms with van der Waals surface area (Å²) in [7, 11) is 0. The highest BCUT2D eigenvalue weighted by atomic mass is 16.3. The molecule has 0 aromatic heterocycles. The van der Waals surface area contributed by atoms with Crippen molar-refractivity contribution >= 4 is 0 Å². The first kappa shape index (κ1) is 18.2. The molecule has 0 aromatic rings. The first-order valence-electron chi connectivity index (χ1n) is 9.55. The number of piperidine rings is 1. The third-order valence-corrected chi connectivity index (χ3v) is 5.55. The monoisotopic (exact) mass is 311 g/mol. The molecular formula is C18H37N3O. The number of aliphatic hydroxyl groups excluding tert-OH is 1. The lowest BCUT2D eigenvalue weighted by molar-refractivity contribution is 0.0838. The average Bonchev–Trinajstić information content (AvgIpc) is 2.54. The Labute approximate surface area is 136 Å². The number of nitrogens with zero attached hydrogens (tertiary/aromatic N) is 1. The van der Waals surface area contributed by atoms with Gasteiger partial charge >= 0.3 is 0 Å². The Bertz CT molecular complexity index is 294. The molecule has 3 unspecified atom stereocenters. The molecule has 0 spiro atoms. The standard InChI is InChI=1S/C18H37N3O/c1-2-18(22)11-16-10-17(14-21(13-16)9-8-19)20-12-15-6-4-3-5-7-15/h15-18,20,22H,2-14,19H2,1H3. The molecule has 2 aliphatic rings. The molecule has 3 atom stereocenters. The number of nitrogens with two attached hydrogens (primary N) is 1. The summed E-state index contributed by atoms with van der Waals surface area (Å²) in [5.41, 5.74) is 5.76. The van der Waals surface area contributed by atoms with Crippen molar-refractivity contribution in [3.63, 3.8) is 0 Å². The third kappa shape index (κ3) is 6.15. The number of rotatable bonds is 8. The predicted molar refractivity (Wildman–Crippen MR) is 92.9 cm³/mol. The summed E-state index contributed by atoms with van der Waals surface area (Å²) in [6, 6.07) is 0.580. The molecule has 1 saturated heterocycles. The normalized spacial score (nSPS) is 29.6. The van der Waals surface area contributed by atoms with Gasteiger partial charge in [0.25, 0.3) is 0 Å². The van der Waals surface area contributed by atoms with Crippen LogP contribution in [0.2, 0.25) is 0 Å². The van der Waals surface area contributed by atoms with Gasteiger partial charge < -0.3 is 21.1 Å². The summed E-state index contributed by atoms with van der Waals surface area (Å²) in [6.45, 7) is 7.21. The lowest BCUT2D eigenvalue weighted by atomic mass is 9.87. The zero-order valence-corrected chi connectivity index (χ0v) is 14.5. The van der Waals surface area contributed by atoms with Crippen molar-refractivity contribution in [3.05, 3.63) is 0 Å². The second-order valence-electron chi connectivity index (χ2n) is 7.56. The number of likely N-dealkylation sites (tertiary alicyclic amines) is 1. The summed E-state index contributed by atoms with van der Waals surface area (Å²) in [5, 5.41) is 13.8. The predicted octanol–water partition coefficient (Wildman–Crippen LogP) is 1.97. The molecule has 1 aliphatic heterocycles. The van der Waals surface area contributed by atoms with Crippen LogP contribution in [-0.4, -0.2) is 54.9 Å². The van der Waals surface area contributed by atoms with E-state index in [2.05, 4.69) is 17.1 Å². The topological polar surface area (TPSA) is 61.5 Å². The molecule has 0 radical (unpaired) electrons. The van der Waals surface area contributed by atoms with Crippen molar-refractivity contribution in [2.45, 2.75) is 70.4 Å². The van der Waals surface area contributed by atoms with E-state index < -0.39 is 0 Å². The Morgan fingerprint density at radius 3 is 2.64 bits per heavy atom. The highest BCUT2D eigenvalue weighted by Crippen LogP contribution is 2.25. The van der Waals surface area contributed by atoms with Crippen molar-refractivity contribution < 1.29 is 5.11 Å². The van der Waals surface area contributed by atoms with Gasteiger partial charge in [-0.15, -0.1) is 0 Å². The Kier molecular flexibility index (Phi) is 8.15. The zero-order valence-electron chi connectivity index (χ0n) is 14.5. The summed E-state index contributed by atoms with van der Waals surface area (Å²) in [4.78, 5) is 2.50. The number of hydrogen-bond donors (Lipinski definition) is 3. The van der Waals surface area contributed by atoms with Crippen molar-refractivity contribution in [2.75, 3.05) is 32.7 Å². The van der Waals surface area contributed by atoms with Gasteiger partial charge in [-0.1, -0.05) is 26.2 Å². The second-order valence-corrected chi connectivity index (χ2v) is 7.56. The first-order valence-corrected chi connectivity index (χ1v) is 9.55. The quantitative estimate of drug-likeness (QED) is 0.641. The van der Waals surface area contributed by atoms with Crippen LogP contribution in [0.5, 0.6) is 0 Å². The van der Waals surface area contributed by atoms with Crippen LogP contribution in [-0.2, 0) is 0 Å². The maximum absolute atomic E-state index is 9.98. The molecule has 1 aliphatic carbocycles. The van der Waals surface area contributed by atoms with Crippen LogP contribution in [0.25, 0.3) is 0 Å². The molecule has 4 heteroatoms. The smallest absolute Gasteiger partial charge is 0.0540 e. The molecule has 4 nitrogen and oxygen atoms in total. The summed E-state index contributed by atoms with van der Waals surface area (Å²) in [6.07, 6.45) is 9.97. The zero-order chi connectivity index (χ0) is 15.8. The molecule has 2 rings (SSSR count). The van der Waals surface area contributed by atoms with Crippen LogP contribution in [0.1, 0.15) is 58.3 Å². The molecule has 2 fully saturated rings. The molecule has 0 bridgehead atoms. The number of hydrogen-bond acceptors (Lipinski definition) is 4. The third-order valence-electron chi connectivity index (χ3n) is 5.55. The maximum Gasteiger partial charge on any atom is 0.0540 e. The van der Waals surface area contributed by atoms with Crippen molar-refractivity contribution in [1.29, 1.82) is 0 Å². The van der Waals surface area contributed by atoms with Gasteiger partial charge in [0.1, 0.15) is 0 Å². The van der Waals surface area contributed by atoms with Crippen molar-refractivity contribution in [1.82, 2.24) is 10.2 Å². The molecular weight excluding hydrogens is 274 g/mol. The van der Waals surface area contributed by atoms with E-state index in [9.17, 15) is 5.11 Å². The summed E-state index contributed by atoms with van der Waals surface area (Å²) in [5.74, 6) is 1.50. The summed E-state index contributed by atoms with van der Waals surface area (Å²) < 4.78 is 0. The Morgan fingerprint density at radius 2 is 1.95 bits per heavy atom. The Hall–Kier alpha value is -0.160. The molecule has 0 aromatic carbocycles. The van der Waals surface area contributed by atoms with E-state index in [4.69, 9.17) is 5.73 Å². The van der Waals surface area contributed by atoms with Gasteiger partial charge in [0.15, 0.2) is 0 Å². The van der Waals surface area contributed by atoms with Crippen LogP contribution in [0.3, 0.4) is 0 Å². The minimum Gasteiger partial charge on any atom is -0.393 e. The largest absolute Gasteiger partial charge is 0.393 e. The number of nitrogens with one attached hydrogen (secondary N) is 1. The SMILES string of the molecule is CCC(O)CC1CC(NCC2CCCCC2)CN(CCN)C1. The van der Waals surface area contributed by atoms with Crippen molar-refractivity contribution in [2.24, 2.45) is 17.6 Å². The Morgan fingerprint density at radius 1 is 1.18 bits per heavy atom. The highest BCUT2D eigenvalue weighted by molar-refractivity contribution is 4.85. The first-order chi connectivity index (χ1) is 10.7. The van der Waals surface area contributed by atoms with E-state index in [0.29, 0.717) is 12.0 Å². The van der Waals surface area contributed by atoms with Gasteiger partial charge in [-0.3, -0.25) is 0 Å². The fourth-order valence-electron chi connectivity index (χ4n) is 4.26. The minimum absolute atomic E-state index is 0.137. The fraction of sp³-hybridized carbons (Fsp3) is 1.00. The van der Waals surface area contributed by atoms with Gasteiger partial charge in [0, 0.05) is 32.2 Å². The van der Waals surface area contributed by atoms with E-state index in [1.165, 1.54) is 45.1 Å². The van der Waals surface area contributed by atoms with Gasteiger partial charge in [-0.2, -0.15) is 0 Å². The fourth-order valence-corrected chi connectivity index (χ4v) is 4.26. The average molecular weight is 312 g/mol. The molecule has 0 amide bonds. The van der Waals surface area contributed by atoms with E-state index in [1.807, 2.05) is 0 Å². The van der Waals surface area contributed by atoms with Gasteiger partial charge in [0.05, 0.1) is 6.10 Å². The summed E-state index contributed by atoms with van der Waals surface area (Å²) >= 11 is 0. The van der Waals surface area contributed by atoms with E-state index in [-0.39, 0.29) is 6.10 Å². The van der Waals surface area contributed by atoms with Crippen LogP contribution < -0.4 is 11.1 Å². The minimum atomic E-state index is -0.137. The number of aliphatic hydroxyl groups is 1. The van der Waals surface area contributed by atoms with Gasteiger partial charge in [-0.05, 0) is 50.5 Å². The van der Waals surface area contributed by atoms with Crippen molar-refractivity contribution in [3.8, 4) is 0 Å². The lowest BCUT2D eigenvalue weighted by Crippen LogP contribution is -2.51. The van der Waals surface area contributed by atoms with E-state index >= 15 is 0 Å². The van der Waals surface area contributed by atoms with E-state index in [1.54, 1.807) is 0 Å². The van der Waals surface area contributed by atoms with E-state index in [0.717, 1.165) is 44.9 Å². The van der Waals surface area contributed by atoms with Gasteiger partial charge in [0.2, 0.25) is 0 Å². The maximum atomic E-state index is 9.98.